The molecule has 0 amide bonds. The molecule has 23 heavy (non-hydrogen) atoms. The van der Waals surface area contributed by atoms with Crippen LogP contribution >= 0.6 is 0 Å². The number of alkyl halides is 3. The van der Waals surface area contributed by atoms with E-state index in [2.05, 4.69) is 14.9 Å². The average Bonchev–Trinajstić information content (AvgIpc) is 3.05. The van der Waals surface area contributed by atoms with E-state index in [1.54, 1.807) is 13.2 Å². The van der Waals surface area contributed by atoms with Crippen molar-refractivity contribution in [2.24, 2.45) is 7.05 Å². The van der Waals surface area contributed by atoms with Crippen LogP contribution < -0.4 is 0 Å². The Morgan fingerprint density at radius 3 is 2.78 bits per heavy atom. The number of piperidine rings is 1. The second-order valence-corrected chi connectivity index (χ2v) is 6.03. The maximum Gasteiger partial charge on any atom is 0.434 e. The van der Waals surface area contributed by atoms with Gasteiger partial charge in [-0.25, -0.2) is 9.97 Å². The Labute approximate surface area is 132 Å². The average molecular weight is 328 g/mol. The molecule has 1 atom stereocenters. The summed E-state index contributed by atoms with van der Waals surface area (Å²) in [7, 11) is 1.62. The molecular weight excluding hydrogens is 309 g/mol. The quantitative estimate of drug-likeness (QED) is 0.868. The van der Waals surface area contributed by atoms with Crippen LogP contribution in [0.3, 0.4) is 0 Å². The zero-order chi connectivity index (χ0) is 16.6. The highest BCUT2D eigenvalue weighted by atomic mass is 19.4. The van der Waals surface area contributed by atoms with Crippen molar-refractivity contribution in [1.29, 1.82) is 0 Å². The predicted molar refractivity (Wildman–Crippen MR) is 76.7 cm³/mol. The Hall–Kier alpha value is -1.83. The van der Waals surface area contributed by atoms with Crippen LogP contribution in [0.4, 0.5) is 13.2 Å². The van der Waals surface area contributed by atoms with Crippen LogP contribution in [0.1, 0.15) is 41.9 Å². The van der Waals surface area contributed by atoms with E-state index in [1.807, 2.05) is 6.92 Å². The molecule has 0 bridgehead atoms. The summed E-state index contributed by atoms with van der Waals surface area (Å²) in [6, 6.07) is 0. The van der Waals surface area contributed by atoms with Crippen molar-refractivity contribution >= 4 is 0 Å². The standard InChI is InChI=1S/C15H19F3N4O/c1-10-6-19-13(23-10)9-22-5-3-4-11(7-22)14-20-12(8-21(14)2)15(16,17)18/h6,8,11H,3-5,7,9H2,1-2H3/t11-/m1/s1. The van der Waals surface area contributed by atoms with Gasteiger partial charge >= 0.3 is 6.18 Å². The van der Waals surface area contributed by atoms with E-state index in [0.29, 0.717) is 24.8 Å². The summed E-state index contributed by atoms with van der Waals surface area (Å²) in [5.74, 6) is 1.87. The number of likely N-dealkylation sites (tertiary alicyclic amines) is 1. The Kier molecular flexibility index (Phi) is 4.18. The number of aryl methyl sites for hydroxylation is 2. The number of oxazole rings is 1. The molecule has 1 saturated heterocycles. The molecule has 8 heteroatoms. The summed E-state index contributed by atoms with van der Waals surface area (Å²) < 4.78 is 45.4. The zero-order valence-electron chi connectivity index (χ0n) is 13.1. The largest absolute Gasteiger partial charge is 0.445 e. The Balaban J connectivity index is 1.72. The first-order valence-electron chi connectivity index (χ1n) is 7.57. The minimum atomic E-state index is -4.40. The second kappa shape index (κ2) is 5.99. The first-order chi connectivity index (χ1) is 10.8. The summed E-state index contributed by atoms with van der Waals surface area (Å²) in [6.45, 7) is 3.95. The Bertz CT molecular complexity index is 677. The molecule has 0 saturated carbocycles. The number of hydrogen-bond donors (Lipinski definition) is 0. The highest BCUT2D eigenvalue weighted by Crippen LogP contribution is 2.32. The fraction of sp³-hybridized carbons (Fsp3) is 0.600. The van der Waals surface area contributed by atoms with Crippen LogP contribution in [0.2, 0.25) is 0 Å². The highest BCUT2D eigenvalue weighted by Gasteiger charge is 2.36. The summed E-state index contributed by atoms with van der Waals surface area (Å²) in [5, 5.41) is 0. The number of aromatic nitrogens is 3. The minimum absolute atomic E-state index is 0.0130. The van der Waals surface area contributed by atoms with Gasteiger partial charge in [-0.2, -0.15) is 13.2 Å². The Morgan fingerprint density at radius 1 is 1.39 bits per heavy atom. The smallest absolute Gasteiger partial charge is 0.434 e. The third kappa shape index (κ3) is 3.57. The van der Waals surface area contributed by atoms with Crippen LogP contribution in [0.25, 0.3) is 0 Å². The number of nitrogens with zero attached hydrogens (tertiary/aromatic N) is 4. The number of rotatable bonds is 3. The third-order valence-corrected chi connectivity index (χ3v) is 4.10. The molecule has 5 nitrogen and oxygen atoms in total. The van der Waals surface area contributed by atoms with E-state index in [9.17, 15) is 13.2 Å². The van der Waals surface area contributed by atoms with Gasteiger partial charge in [0, 0.05) is 25.7 Å². The van der Waals surface area contributed by atoms with E-state index in [0.717, 1.165) is 31.3 Å². The molecule has 126 valence electrons. The second-order valence-electron chi connectivity index (χ2n) is 6.03. The molecule has 2 aromatic heterocycles. The van der Waals surface area contributed by atoms with Gasteiger partial charge in [0.15, 0.2) is 5.69 Å². The monoisotopic (exact) mass is 328 g/mol. The lowest BCUT2D eigenvalue weighted by molar-refractivity contribution is -0.141. The molecule has 0 N–H and O–H groups in total. The van der Waals surface area contributed by atoms with Crippen LogP contribution in [0.15, 0.2) is 16.8 Å². The SMILES string of the molecule is Cc1cnc(CN2CCC[C@@H](c3nc(C(F)(F)F)cn3C)C2)o1. The van der Waals surface area contributed by atoms with Crippen molar-refractivity contribution in [1.82, 2.24) is 19.4 Å². The predicted octanol–water partition coefficient (Wildman–Crippen LogP) is 3.11. The summed E-state index contributed by atoms with van der Waals surface area (Å²) in [6.07, 6.45) is 0.0820. The lowest BCUT2D eigenvalue weighted by Crippen LogP contribution is -2.34. The van der Waals surface area contributed by atoms with Crippen molar-refractivity contribution in [2.75, 3.05) is 13.1 Å². The van der Waals surface area contributed by atoms with Gasteiger partial charge in [0.1, 0.15) is 11.6 Å². The van der Waals surface area contributed by atoms with Crippen LogP contribution in [0, 0.1) is 6.92 Å². The molecule has 0 aromatic carbocycles. The van der Waals surface area contributed by atoms with E-state index in [1.165, 1.54) is 4.57 Å². The lowest BCUT2D eigenvalue weighted by atomic mass is 9.97. The van der Waals surface area contributed by atoms with Gasteiger partial charge in [0.05, 0.1) is 12.7 Å². The minimum Gasteiger partial charge on any atom is -0.445 e. The first-order valence-corrected chi connectivity index (χ1v) is 7.57. The maximum atomic E-state index is 12.8. The van der Waals surface area contributed by atoms with Gasteiger partial charge < -0.3 is 8.98 Å². The van der Waals surface area contributed by atoms with Crippen molar-refractivity contribution in [3.63, 3.8) is 0 Å². The topological polar surface area (TPSA) is 47.1 Å². The van der Waals surface area contributed by atoms with Crippen molar-refractivity contribution in [2.45, 2.75) is 38.4 Å². The number of halogens is 3. The molecule has 1 aliphatic rings. The van der Waals surface area contributed by atoms with Crippen LogP contribution in [-0.4, -0.2) is 32.5 Å². The van der Waals surface area contributed by atoms with Crippen LogP contribution in [-0.2, 0) is 19.8 Å². The summed E-state index contributed by atoms with van der Waals surface area (Å²) >= 11 is 0. The van der Waals surface area contributed by atoms with E-state index < -0.39 is 11.9 Å². The zero-order valence-corrected chi connectivity index (χ0v) is 13.1. The van der Waals surface area contributed by atoms with E-state index in [4.69, 9.17) is 4.42 Å². The van der Waals surface area contributed by atoms with Gasteiger partial charge in [0.2, 0.25) is 5.89 Å². The summed E-state index contributed by atoms with van der Waals surface area (Å²) in [4.78, 5) is 10.2. The molecule has 0 spiro atoms. The van der Waals surface area contributed by atoms with Gasteiger partial charge in [-0.05, 0) is 26.3 Å². The van der Waals surface area contributed by atoms with Gasteiger partial charge in [-0.1, -0.05) is 0 Å². The van der Waals surface area contributed by atoms with Gasteiger partial charge in [-0.3, -0.25) is 4.90 Å². The van der Waals surface area contributed by atoms with Gasteiger partial charge in [-0.15, -0.1) is 0 Å². The third-order valence-electron chi connectivity index (χ3n) is 4.10. The normalized spacial score (nSPS) is 20.1. The summed E-state index contributed by atoms with van der Waals surface area (Å²) in [5.41, 5.74) is -0.824. The van der Waals surface area contributed by atoms with Crippen molar-refractivity contribution < 1.29 is 17.6 Å². The molecule has 1 aliphatic heterocycles. The number of imidazole rings is 1. The molecule has 0 radical (unpaired) electrons. The highest BCUT2D eigenvalue weighted by molar-refractivity contribution is 5.12. The number of hydrogen-bond acceptors (Lipinski definition) is 4. The molecule has 1 fully saturated rings. The molecule has 0 aliphatic carbocycles. The van der Waals surface area contributed by atoms with Crippen LogP contribution in [0.5, 0.6) is 0 Å². The molecule has 3 rings (SSSR count). The van der Waals surface area contributed by atoms with Gasteiger partial charge in [0.25, 0.3) is 0 Å². The maximum absolute atomic E-state index is 12.8. The van der Waals surface area contributed by atoms with Crippen molar-refractivity contribution in [3.8, 4) is 0 Å². The first kappa shape index (κ1) is 16.0. The lowest BCUT2D eigenvalue weighted by Gasteiger charge is -2.31. The molecular formula is C15H19F3N4O. The molecule has 0 unspecified atom stereocenters. The molecule has 2 aromatic rings. The van der Waals surface area contributed by atoms with Crippen molar-refractivity contribution in [3.05, 3.63) is 35.6 Å². The fourth-order valence-electron chi connectivity index (χ4n) is 3.07. The molecule has 3 heterocycles. The van der Waals surface area contributed by atoms with E-state index in [-0.39, 0.29) is 5.92 Å². The van der Waals surface area contributed by atoms with E-state index >= 15 is 0 Å². The fourth-order valence-corrected chi connectivity index (χ4v) is 3.07. The Morgan fingerprint density at radius 2 is 2.17 bits per heavy atom.